The molecule has 0 amide bonds. The average Bonchev–Trinajstić information content (AvgIpc) is 0.694. The van der Waals surface area contributed by atoms with E-state index in [4.69, 9.17) is 0 Å². The Balaban J connectivity index is 0.895. The highest BCUT2D eigenvalue weighted by Gasteiger charge is 2.47. The molecule has 0 atom stereocenters. The van der Waals surface area contributed by atoms with Crippen molar-refractivity contribution >= 4 is 138 Å². The van der Waals surface area contributed by atoms with E-state index in [1.54, 1.807) is 0 Å². The molecule has 14 aromatic carbocycles. The Morgan fingerprint density at radius 3 is 1.26 bits per heavy atom. The van der Waals surface area contributed by atoms with Crippen LogP contribution in [0, 0.1) is 0 Å². The fourth-order valence-corrected chi connectivity index (χ4v) is 17.6. The van der Waals surface area contributed by atoms with Gasteiger partial charge in [-0.1, -0.05) is 280 Å². The molecule has 0 aromatic heterocycles. The van der Waals surface area contributed by atoms with Crippen LogP contribution in [0.5, 0.6) is 0 Å². The normalized spacial score (nSPS) is 13.0. The number of hydrogen-bond acceptors (Lipinski definition) is 6. The first-order chi connectivity index (χ1) is 47.3. The summed E-state index contributed by atoms with van der Waals surface area (Å²) in [5, 5.41) is 0. The van der Waals surface area contributed by atoms with Crippen molar-refractivity contribution in [3.63, 3.8) is 0 Å². The summed E-state index contributed by atoms with van der Waals surface area (Å²) >= 11 is 3.83. The number of fused-ring (bicyclic) bond motifs is 8. The predicted octanol–water partition coefficient (Wildman–Crippen LogP) is 20.5. The van der Waals surface area contributed by atoms with Gasteiger partial charge >= 0.3 is 0 Å². The van der Waals surface area contributed by atoms with Gasteiger partial charge in [0.05, 0.1) is 5.69 Å². The lowest BCUT2D eigenvalue weighted by Gasteiger charge is -2.44. The molecule has 4 nitrogen and oxygen atoms in total. The molecule has 96 heavy (non-hydrogen) atoms. The Labute approximate surface area is 572 Å². The smallest absolute Gasteiger partial charge is 0.249 e. The summed E-state index contributed by atoms with van der Waals surface area (Å²) in [4.78, 5) is 15.1. The van der Waals surface area contributed by atoms with Crippen LogP contribution in [0.25, 0.3) is 33.4 Å². The van der Waals surface area contributed by atoms with Gasteiger partial charge in [-0.05, 0) is 170 Å². The maximum absolute atomic E-state index is 2.65. The lowest BCUT2D eigenvalue weighted by molar-refractivity contribution is 0.590. The largest absolute Gasteiger partial charge is 0.311 e. The molecule has 4 heterocycles. The highest BCUT2D eigenvalue weighted by atomic mass is 32.2. The zero-order chi connectivity index (χ0) is 64.0. The van der Waals surface area contributed by atoms with Crippen molar-refractivity contribution in [3.8, 4) is 33.4 Å². The number of benzene rings is 14. The minimum atomic E-state index is -0.0850. The van der Waals surface area contributed by atoms with Crippen molar-refractivity contribution in [2.45, 2.75) is 45.8 Å². The first kappa shape index (κ1) is 57.7. The van der Waals surface area contributed by atoms with Gasteiger partial charge in [-0.3, -0.25) is 0 Å². The minimum absolute atomic E-state index is 0.00109. The number of anilines is 12. The summed E-state index contributed by atoms with van der Waals surface area (Å²) in [5.41, 5.74) is 29.8. The molecule has 0 aliphatic carbocycles. The second-order valence-electron chi connectivity index (χ2n) is 26.4. The number of nitrogens with zero attached hydrogens (tertiary/aromatic N) is 4. The lowest BCUT2D eigenvalue weighted by Crippen LogP contribution is -2.64. The van der Waals surface area contributed by atoms with Gasteiger partial charge in [0.15, 0.2) is 0 Å². The van der Waals surface area contributed by atoms with Crippen molar-refractivity contribution in [2.75, 3.05) is 19.6 Å². The topological polar surface area (TPSA) is 13.0 Å². The maximum atomic E-state index is 2.65. The molecular weight excluding hydrogens is 1200 g/mol. The van der Waals surface area contributed by atoms with Crippen molar-refractivity contribution in [1.82, 2.24) is 0 Å². The summed E-state index contributed by atoms with van der Waals surface area (Å²) in [6.45, 7) is 6.74. The molecule has 0 fully saturated rings. The molecule has 0 spiro atoms. The van der Waals surface area contributed by atoms with Gasteiger partial charge < -0.3 is 19.6 Å². The van der Waals surface area contributed by atoms with E-state index in [0.29, 0.717) is 0 Å². The third-order valence-electron chi connectivity index (χ3n) is 19.7. The first-order valence-electron chi connectivity index (χ1n) is 33.2. The molecule has 454 valence electrons. The fourth-order valence-electron chi connectivity index (χ4n) is 15.2. The summed E-state index contributed by atoms with van der Waals surface area (Å²) in [6, 6.07) is 124. The minimum Gasteiger partial charge on any atom is -0.311 e. The summed E-state index contributed by atoms with van der Waals surface area (Å²) in [5.74, 6) is 0. The summed E-state index contributed by atoms with van der Waals surface area (Å²) < 4.78 is 0. The predicted molar refractivity (Wildman–Crippen MR) is 411 cm³/mol. The third-order valence-corrected chi connectivity index (χ3v) is 22.0. The van der Waals surface area contributed by atoms with E-state index in [2.05, 4.69) is 374 Å². The summed E-state index contributed by atoms with van der Waals surface area (Å²) in [7, 11) is 0. The molecule has 8 heteroatoms. The van der Waals surface area contributed by atoms with Crippen LogP contribution in [0.1, 0.15) is 26.3 Å². The highest BCUT2D eigenvalue weighted by molar-refractivity contribution is 8.00. The standard InChI is InChI=1S/C88H64B2N4S2/c1-88(2,3)64-47-41-63(42-48-64)72-35-19-22-38-77(72)94-79-58-83-76(89-73-36-20-23-39-78(73)93(67-33-17-8-18-34-67)80-53-70(56-85(96-83)86(80)89)91(65-29-13-6-14-30-65)66-31-15-7-16-32-66)57-75(79)90-74-37-21-24-40-82(74)95-84-55-71(54-81(94)87(84)90)92(68-49-43-61(44-50-68)59-25-9-4-10-26-59)69-51-45-62(46-52-69)60-27-11-5-12-28-60/h4-58H,1-3H3. The lowest BCUT2D eigenvalue weighted by atomic mass is 9.31. The van der Waals surface area contributed by atoms with Crippen LogP contribution in [-0.2, 0) is 5.41 Å². The maximum Gasteiger partial charge on any atom is 0.249 e. The van der Waals surface area contributed by atoms with Crippen LogP contribution in [0.4, 0.5) is 68.2 Å². The Morgan fingerprint density at radius 2 is 0.698 bits per heavy atom. The quantitative estimate of drug-likeness (QED) is 0.119. The van der Waals surface area contributed by atoms with E-state index in [9.17, 15) is 0 Å². The number of hydrogen-bond donors (Lipinski definition) is 0. The molecule has 0 unspecified atom stereocenters. The van der Waals surface area contributed by atoms with Gasteiger partial charge in [-0.15, -0.1) is 0 Å². The van der Waals surface area contributed by atoms with Crippen molar-refractivity contribution in [3.05, 3.63) is 339 Å². The van der Waals surface area contributed by atoms with Crippen LogP contribution in [-0.4, -0.2) is 13.4 Å². The molecule has 0 saturated heterocycles. The summed E-state index contributed by atoms with van der Waals surface area (Å²) in [6.07, 6.45) is 0. The van der Waals surface area contributed by atoms with E-state index >= 15 is 0 Å². The fraction of sp³-hybridized carbons (Fsp3) is 0.0455. The molecule has 4 aliphatic heterocycles. The van der Waals surface area contributed by atoms with Gasteiger partial charge in [-0.25, -0.2) is 0 Å². The average molecular weight is 1260 g/mol. The van der Waals surface area contributed by atoms with E-state index in [1.807, 2.05) is 23.5 Å². The Bertz CT molecular complexity index is 5160. The monoisotopic (exact) mass is 1260 g/mol. The zero-order valence-electron chi connectivity index (χ0n) is 53.5. The molecule has 0 bridgehead atoms. The van der Waals surface area contributed by atoms with Crippen LogP contribution in [0.15, 0.2) is 353 Å². The molecule has 0 N–H and O–H groups in total. The van der Waals surface area contributed by atoms with Gasteiger partial charge in [0.25, 0.3) is 0 Å². The van der Waals surface area contributed by atoms with Crippen LogP contribution in [0.3, 0.4) is 0 Å². The van der Waals surface area contributed by atoms with Crippen molar-refractivity contribution in [2.24, 2.45) is 0 Å². The molecule has 0 saturated carbocycles. The molecule has 14 aromatic rings. The van der Waals surface area contributed by atoms with Crippen molar-refractivity contribution in [1.29, 1.82) is 0 Å². The van der Waals surface area contributed by atoms with Gasteiger partial charge in [-0.2, -0.15) is 0 Å². The Morgan fingerprint density at radius 1 is 0.271 bits per heavy atom. The Hall–Kier alpha value is -10.9. The molecule has 0 radical (unpaired) electrons. The second kappa shape index (κ2) is 23.5. The molecular formula is C88H64B2N4S2. The van der Waals surface area contributed by atoms with E-state index in [1.165, 1.54) is 114 Å². The van der Waals surface area contributed by atoms with Crippen LogP contribution >= 0.6 is 23.5 Å². The Kier molecular flexibility index (Phi) is 14.2. The number of para-hydroxylation sites is 5. The van der Waals surface area contributed by atoms with Gasteiger partial charge in [0.1, 0.15) is 0 Å². The second-order valence-corrected chi connectivity index (χ2v) is 28.6. The third kappa shape index (κ3) is 9.88. The SMILES string of the molecule is CC(C)(C)c1ccc(-c2ccccc2N2c3cc4c(cc3B3c5ccccc5Sc5cc(N(c6ccc(-c7ccccc7)cc6)c6ccc(-c7ccccc7)cc6)cc2c53)B2c3ccccc3N(c3ccccc3)c3cc(N(c5ccccc5)c5ccccc5)cc(c32)S4)cc1. The molecule has 4 aliphatic rings. The van der Waals surface area contributed by atoms with E-state index in [0.717, 1.165) is 45.5 Å². The van der Waals surface area contributed by atoms with Crippen molar-refractivity contribution < 1.29 is 0 Å². The molecule has 18 rings (SSSR count). The van der Waals surface area contributed by atoms with Crippen LogP contribution in [0.2, 0.25) is 0 Å². The van der Waals surface area contributed by atoms with Gasteiger partial charge in [0, 0.05) is 87.7 Å². The highest BCUT2D eigenvalue weighted by Crippen LogP contribution is 2.52. The van der Waals surface area contributed by atoms with E-state index in [-0.39, 0.29) is 18.8 Å². The van der Waals surface area contributed by atoms with Gasteiger partial charge in [0.2, 0.25) is 13.4 Å². The number of rotatable bonds is 11. The first-order valence-corrected chi connectivity index (χ1v) is 34.8. The van der Waals surface area contributed by atoms with Crippen LogP contribution < -0.4 is 52.4 Å². The van der Waals surface area contributed by atoms with E-state index < -0.39 is 0 Å². The zero-order valence-corrected chi connectivity index (χ0v) is 55.1.